The van der Waals surface area contributed by atoms with Crippen molar-refractivity contribution in [2.45, 2.75) is 0 Å². The van der Waals surface area contributed by atoms with Gasteiger partial charge >= 0.3 is 0 Å². The Balaban J connectivity index is 2.20. The minimum Gasteiger partial charge on any atom is -0.264 e. The van der Waals surface area contributed by atoms with Gasteiger partial charge in [0.15, 0.2) is 0 Å². The lowest BCUT2D eigenvalue weighted by molar-refractivity contribution is 1.36. The molecule has 0 unspecified atom stereocenters. The van der Waals surface area contributed by atoms with Crippen LogP contribution in [0.4, 0.5) is 0 Å². The van der Waals surface area contributed by atoms with Crippen LogP contribution in [0.3, 0.4) is 0 Å². The summed E-state index contributed by atoms with van der Waals surface area (Å²) in [4.78, 5) is 8.34. The number of hydrogen-bond acceptors (Lipinski definition) is 2. The smallest absolute Gasteiger partial charge is 0.0346 e. The highest BCUT2D eigenvalue weighted by molar-refractivity contribution is 6.04. The van der Waals surface area contributed by atoms with Gasteiger partial charge in [-0.15, -0.1) is 0 Å². The topological polar surface area (TPSA) is 25.8 Å². The summed E-state index contributed by atoms with van der Waals surface area (Å²) in [5, 5.41) is 7.29. The molecule has 4 aromatic rings. The number of rotatable bonds is 0. The SMILES string of the molecule is c1cc2cc3cc4ccncc4cc3cc2cn1. The molecule has 4 rings (SSSR count). The predicted molar refractivity (Wildman–Crippen MR) is 74.6 cm³/mol. The van der Waals surface area contributed by atoms with Gasteiger partial charge in [0.1, 0.15) is 0 Å². The first kappa shape index (κ1) is 9.54. The van der Waals surface area contributed by atoms with E-state index in [4.69, 9.17) is 0 Å². The van der Waals surface area contributed by atoms with Crippen molar-refractivity contribution in [3.05, 3.63) is 61.2 Å². The Kier molecular flexibility index (Phi) is 1.86. The van der Waals surface area contributed by atoms with Crippen LogP contribution >= 0.6 is 0 Å². The summed E-state index contributed by atoms with van der Waals surface area (Å²) in [5.74, 6) is 0. The third-order valence-electron chi connectivity index (χ3n) is 3.35. The van der Waals surface area contributed by atoms with E-state index in [9.17, 15) is 0 Å². The molecule has 0 fully saturated rings. The molecule has 0 amide bonds. The largest absolute Gasteiger partial charge is 0.264 e. The highest BCUT2D eigenvalue weighted by Crippen LogP contribution is 2.26. The van der Waals surface area contributed by atoms with Crippen LogP contribution in [-0.2, 0) is 0 Å². The fourth-order valence-electron chi connectivity index (χ4n) is 2.43. The standard InChI is InChI=1S/C16H10N2/c1-3-17-9-15-7-14-8-16-10-18-4-2-12(16)6-13(14)5-11(1)15/h1-10H. The molecule has 0 aliphatic rings. The molecule has 0 radical (unpaired) electrons. The summed E-state index contributed by atoms with van der Waals surface area (Å²) in [7, 11) is 0. The fourth-order valence-corrected chi connectivity index (χ4v) is 2.43. The second kappa shape index (κ2) is 3.50. The molecule has 2 heterocycles. The zero-order valence-corrected chi connectivity index (χ0v) is 9.67. The van der Waals surface area contributed by atoms with Crippen LogP contribution in [0.1, 0.15) is 0 Å². The summed E-state index contributed by atoms with van der Waals surface area (Å²) in [5.41, 5.74) is 0. The van der Waals surface area contributed by atoms with Gasteiger partial charge in [-0.3, -0.25) is 9.97 Å². The molecule has 0 aliphatic heterocycles. The molecule has 0 atom stereocenters. The maximum atomic E-state index is 4.17. The van der Waals surface area contributed by atoms with Crippen LogP contribution < -0.4 is 0 Å². The molecule has 2 aromatic carbocycles. The van der Waals surface area contributed by atoms with Gasteiger partial charge in [0.05, 0.1) is 0 Å². The van der Waals surface area contributed by atoms with Crippen LogP contribution in [0.15, 0.2) is 61.2 Å². The third-order valence-corrected chi connectivity index (χ3v) is 3.35. The summed E-state index contributed by atoms with van der Waals surface area (Å²) in [6.07, 6.45) is 7.47. The van der Waals surface area contributed by atoms with Gasteiger partial charge in [0, 0.05) is 35.6 Å². The van der Waals surface area contributed by atoms with Crippen LogP contribution in [0.5, 0.6) is 0 Å². The molecule has 0 aliphatic carbocycles. The van der Waals surface area contributed by atoms with E-state index in [0.717, 1.165) is 0 Å². The van der Waals surface area contributed by atoms with E-state index >= 15 is 0 Å². The number of benzene rings is 2. The highest BCUT2D eigenvalue weighted by Gasteiger charge is 2.00. The third kappa shape index (κ3) is 1.36. The number of aromatic nitrogens is 2. The average molecular weight is 230 g/mol. The van der Waals surface area contributed by atoms with Gasteiger partial charge in [0.25, 0.3) is 0 Å². The summed E-state index contributed by atoms with van der Waals surface area (Å²) in [6, 6.07) is 12.9. The zero-order chi connectivity index (χ0) is 11.9. The van der Waals surface area contributed by atoms with Gasteiger partial charge < -0.3 is 0 Å². The van der Waals surface area contributed by atoms with E-state index in [0.29, 0.717) is 0 Å². The van der Waals surface area contributed by atoms with Crippen LogP contribution in [0.2, 0.25) is 0 Å². The molecule has 2 heteroatoms. The number of hydrogen-bond donors (Lipinski definition) is 0. The van der Waals surface area contributed by atoms with E-state index in [1.807, 2.05) is 36.9 Å². The van der Waals surface area contributed by atoms with Crippen molar-refractivity contribution < 1.29 is 0 Å². The van der Waals surface area contributed by atoms with Gasteiger partial charge in [-0.2, -0.15) is 0 Å². The molecule has 2 nitrogen and oxygen atoms in total. The van der Waals surface area contributed by atoms with E-state index in [1.165, 1.54) is 32.3 Å². The Labute approximate surface area is 104 Å². The zero-order valence-electron chi connectivity index (χ0n) is 9.67. The number of pyridine rings is 2. The lowest BCUT2D eigenvalue weighted by Gasteiger charge is -2.04. The van der Waals surface area contributed by atoms with Gasteiger partial charge in [0.2, 0.25) is 0 Å². The Morgan fingerprint density at radius 2 is 0.944 bits per heavy atom. The molecule has 0 N–H and O–H groups in total. The van der Waals surface area contributed by atoms with Crippen molar-refractivity contribution >= 4 is 32.3 Å². The first-order valence-corrected chi connectivity index (χ1v) is 5.91. The van der Waals surface area contributed by atoms with E-state index in [2.05, 4.69) is 34.2 Å². The summed E-state index contributed by atoms with van der Waals surface area (Å²) >= 11 is 0. The molecule has 0 saturated heterocycles. The van der Waals surface area contributed by atoms with E-state index in [-0.39, 0.29) is 0 Å². The molecule has 84 valence electrons. The predicted octanol–water partition coefficient (Wildman–Crippen LogP) is 3.94. The second-order valence-corrected chi connectivity index (χ2v) is 4.50. The summed E-state index contributed by atoms with van der Waals surface area (Å²) < 4.78 is 0. The first-order chi connectivity index (χ1) is 8.90. The van der Waals surface area contributed by atoms with Crippen molar-refractivity contribution in [3.63, 3.8) is 0 Å². The molecule has 0 bridgehead atoms. The highest BCUT2D eigenvalue weighted by atomic mass is 14.6. The summed E-state index contributed by atoms with van der Waals surface area (Å²) in [6.45, 7) is 0. The number of fused-ring (bicyclic) bond motifs is 3. The minimum absolute atomic E-state index is 1.17. The van der Waals surface area contributed by atoms with Crippen molar-refractivity contribution in [2.75, 3.05) is 0 Å². The van der Waals surface area contributed by atoms with Crippen molar-refractivity contribution in [1.82, 2.24) is 9.97 Å². The lowest BCUT2D eigenvalue weighted by atomic mass is 10.0. The molecule has 0 saturated carbocycles. The molecule has 2 aromatic heterocycles. The minimum atomic E-state index is 1.17. The molecule has 18 heavy (non-hydrogen) atoms. The van der Waals surface area contributed by atoms with Gasteiger partial charge in [-0.25, -0.2) is 0 Å². The van der Waals surface area contributed by atoms with Crippen LogP contribution in [0, 0.1) is 0 Å². The van der Waals surface area contributed by atoms with Crippen LogP contribution in [0.25, 0.3) is 32.3 Å². The maximum Gasteiger partial charge on any atom is 0.0346 e. The quantitative estimate of drug-likeness (QED) is 0.428. The van der Waals surface area contributed by atoms with Crippen molar-refractivity contribution in [2.24, 2.45) is 0 Å². The first-order valence-electron chi connectivity index (χ1n) is 5.91. The molecule has 0 spiro atoms. The number of nitrogens with zero attached hydrogens (tertiary/aromatic N) is 2. The average Bonchev–Trinajstić information content (AvgIpc) is 2.42. The van der Waals surface area contributed by atoms with Crippen LogP contribution in [-0.4, -0.2) is 9.97 Å². The Morgan fingerprint density at radius 1 is 0.500 bits per heavy atom. The van der Waals surface area contributed by atoms with Crippen molar-refractivity contribution in [3.8, 4) is 0 Å². The van der Waals surface area contributed by atoms with Crippen molar-refractivity contribution in [1.29, 1.82) is 0 Å². The fraction of sp³-hybridized carbons (Fsp3) is 0. The Bertz CT molecular complexity index is 737. The molecular weight excluding hydrogens is 220 g/mol. The van der Waals surface area contributed by atoms with Gasteiger partial charge in [-0.05, 0) is 57.9 Å². The van der Waals surface area contributed by atoms with E-state index in [1.54, 1.807) is 0 Å². The monoisotopic (exact) mass is 230 g/mol. The lowest BCUT2D eigenvalue weighted by Crippen LogP contribution is -1.80. The Morgan fingerprint density at radius 3 is 1.44 bits per heavy atom. The van der Waals surface area contributed by atoms with Gasteiger partial charge in [-0.1, -0.05) is 0 Å². The normalized spacial score (nSPS) is 11.3. The molecular formula is C16H10N2. The maximum absolute atomic E-state index is 4.17. The van der Waals surface area contributed by atoms with E-state index < -0.39 is 0 Å². The second-order valence-electron chi connectivity index (χ2n) is 4.50. The Hall–Kier alpha value is -2.48.